The van der Waals surface area contributed by atoms with Crippen molar-refractivity contribution in [3.05, 3.63) is 53.2 Å². The molecule has 18 heavy (non-hydrogen) atoms. The molecule has 2 rings (SSSR count). The Morgan fingerprint density at radius 3 is 2.72 bits per heavy atom. The van der Waals surface area contributed by atoms with E-state index in [0.717, 1.165) is 18.7 Å². The highest BCUT2D eigenvalue weighted by molar-refractivity contribution is 6.32. The van der Waals surface area contributed by atoms with Gasteiger partial charge in [0.05, 0.1) is 5.02 Å². The first-order valence-corrected chi connectivity index (χ1v) is 6.25. The Balaban J connectivity index is 2.04. The summed E-state index contributed by atoms with van der Waals surface area (Å²) in [7, 11) is 0. The predicted octanol–water partition coefficient (Wildman–Crippen LogP) is 3.64. The predicted molar refractivity (Wildman–Crippen MR) is 73.1 cm³/mol. The largest absolute Gasteiger partial charge is 0.437 e. The van der Waals surface area contributed by atoms with Crippen LogP contribution in [0.1, 0.15) is 12.5 Å². The Bertz CT molecular complexity index is 499. The van der Waals surface area contributed by atoms with Crippen LogP contribution in [0.25, 0.3) is 0 Å². The van der Waals surface area contributed by atoms with Gasteiger partial charge in [-0.25, -0.2) is 4.98 Å². The summed E-state index contributed by atoms with van der Waals surface area (Å²) in [6.45, 7) is 3.83. The molecule has 0 aliphatic rings. The molecule has 0 unspecified atom stereocenters. The zero-order valence-electron chi connectivity index (χ0n) is 10.2. The number of aromatic nitrogens is 1. The third-order valence-corrected chi connectivity index (χ3v) is 2.74. The maximum absolute atomic E-state index is 6.01. The quantitative estimate of drug-likeness (QED) is 0.893. The second kappa shape index (κ2) is 6.38. The summed E-state index contributed by atoms with van der Waals surface area (Å²) in [5.74, 6) is 1.16. The van der Waals surface area contributed by atoms with Gasteiger partial charge in [-0.15, -0.1) is 0 Å². The summed E-state index contributed by atoms with van der Waals surface area (Å²) in [4.78, 5) is 4.25. The van der Waals surface area contributed by atoms with E-state index in [0.29, 0.717) is 16.7 Å². The van der Waals surface area contributed by atoms with Gasteiger partial charge >= 0.3 is 0 Å². The minimum atomic E-state index is 0.545. The third-order valence-electron chi connectivity index (χ3n) is 2.43. The SMILES string of the molecule is CCNCc1ccc(Oc2ccccc2Cl)nc1. The minimum absolute atomic E-state index is 0.545. The molecule has 0 bridgehead atoms. The van der Waals surface area contributed by atoms with Crippen molar-refractivity contribution in [2.75, 3.05) is 6.54 Å². The van der Waals surface area contributed by atoms with Gasteiger partial charge in [0.2, 0.25) is 5.88 Å². The maximum atomic E-state index is 6.01. The van der Waals surface area contributed by atoms with Crippen LogP contribution in [0, 0.1) is 0 Å². The van der Waals surface area contributed by atoms with Crippen LogP contribution in [-0.2, 0) is 6.54 Å². The van der Waals surface area contributed by atoms with Gasteiger partial charge < -0.3 is 10.1 Å². The van der Waals surface area contributed by atoms with E-state index in [1.807, 2.05) is 30.3 Å². The number of para-hydroxylation sites is 1. The average Bonchev–Trinajstić information content (AvgIpc) is 2.41. The smallest absolute Gasteiger partial charge is 0.219 e. The fourth-order valence-corrected chi connectivity index (χ4v) is 1.66. The van der Waals surface area contributed by atoms with Crippen LogP contribution >= 0.6 is 11.6 Å². The van der Waals surface area contributed by atoms with Crippen LogP contribution < -0.4 is 10.1 Å². The Hall–Kier alpha value is -1.58. The second-order valence-electron chi connectivity index (χ2n) is 3.82. The Kier molecular flexibility index (Phi) is 4.56. The fourth-order valence-electron chi connectivity index (χ4n) is 1.49. The van der Waals surface area contributed by atoms with Crippen molar-refractivity contribution in [1.82, 2.24) is 10.3 Å². The van der Waals surface area contributed by atoms with Crippen LogP contribution in [0.2, 0.25) is 5.02 Å². The van der Waals surface area contributed by atoms with Crippen molar-refractivity contribution < 1.29 is 4.74 Å². The monoisotopic (exact) mass is 262 g/mol. The molecule has 0 amide bonds. The van der Waals surface area contributed by atoms with E-state index in [2.05, 4.69) is 17.2 Å². The summed E-state index contributed by atoms with van der Waals surface area (Å²) in [5, 5.41) is 3.82. The lowest BCUT2D eigenvalue weighted by molar-refractivity contribution is 0.462. The molecule has 2 aromatic rings. The normalized spacial score (nSPS) is 10.3. The Morgan fingerprint density at radius 2 is 2.06 bits per heavy atom. The molecular weight excluding hydrogens is 248 g/mol. The zero-order chi connectivity index (χ0) is 12.8. The van der Waals surface area contributed by atoms with Gasteiger partial charge in [-0.1, -0.05) is 36.7 Å². The van der Waals surface area contributed by atoms with Gasteiger partial charge in [0.25, 0.3) is 0 Å². The summed E-state index contributed by atoms with van der Waals surface area (Å²) >= 11 is 6.01. The van der Waals surface area contributed by atoms with E-state index < -0.39 is 0 Å². The van der Waals surface area contributed by atoms with Gasteiger partial charge in [-0.3, -0.25) is 0 Å². The van der Waals surface area contributed by atoms with Crippen molar-refractivity contribution in [3.8, 4) is 11.6 Å². The highest BCUT2D eigenvalue weighted by Gasteiger charge is 2.02. The number of rotatable bonds is 5. The molecule has 0 atom stereocenters. The summed E-state index contributed by atoms with van der Waals surface area (Å²) < 4.78 is 5.61. The standard InChI is InChI=1S/C14H15ClN2O/c1-2-16-9-11-7-8-14(17-10-11)18-13-6-4-3-5-12(13)15/h3-8,10,16H,2,9H2,1H3. The van der Waals surface area contributed by atoms with Crippen molar-refractivity contribution in [2.45, 2.75) is 13.5 Å². The lowest BCUT2D eigenvalue weighted by Gasteiger charge is -2.07. The van der Waals surface area contributed by atoms with E-state index in [1.54, 1.807) is 12.3 Å². The van der Waals surface area contributed by atoms with Crippen molar-refractivity contribution in [2.24, 2.45) is 0 Å². The molecule has 1 aromatic carbocycles. The number of pyridine rings is 1. The molecule has 94 valence electrons. The first-order chi connectivity index (χ1) is 8.79. The topological polar surface area (TPSA) is 34.1 Å². The van der Waals surface area contributed by atoms with E-state index in [4.69, 9.17) is 16.3 Å². The van der Waals surface area contributed by atoms with Crippen LogP contribution in [-0.4, -0.2) is 11.5 Å². The van der Waals surface area contributed by atoms with Crippen molar-refractivity contribution >= 4 is 11.6 Å². The molecule has 0 aliphatic carbocycles. The van der Waals surface area contributed by atoms with Crippen LogP contribution in [0.4, 0.5) is 0 Å². The first kappa shape index (κ1) is 12.9. The lowest BCUT2D eigenvalue weighted by Crippen LogP contribution is -2.11. The molecule has 1 heterocycles. The molecule has 0 spiro atoms. The van der Waals surface area contributed by atoms with Gasteiger partial charge in [-0.05, 0) is 24.2 Å². The molecule has 0 radical (unpaired) electrons. The Morgan fingerprint density at radius 1 is 1.22 bits per heavy atom. The van der Waals surface area contributed by atoms with Crippen LogP contribution in [0.15, 0.2) is 42.6 Å². The lowest BCUT2D eigenvalue weighted by atomic mass is 10.3. The molecule has 3 nitrogen and oxygen atoms in total. The van der Waals surface area contributed by atoms with Crippen LogP contribution in [0.5, 0.6) is 11.6 Å². The minimum Gasteiger partial charge on any atom is -0.437 e. The molecule has 0 saturated carbocycles. The average molecular weight is 263 g/mol. The van der Waals surface area contributed by atoms with Crippen molar-refractivity contribution in [1.29, 1.82) is 0 Å². The number of nitrogens with zero attached hydrogens (tertiary/aromatic N) is 1. The molecule has 0 fully saturated rings. The number of nitrogens with one attached hydrogen (secondary N) is 1. The molecule has 4 heteroatoms. The number of benzene rings is 1. The van der Waals surface area contributed by atoms with Gasteiger partial charge in [0.1, 0.15) is 5.75 Å². The Labute approximate surface area is 112 Å². The highest BCUT2D eigenvalue weighted by Crippen LogP contribution is 2.27. The summed E-state index contributed by atoms with van der Waals surface area (Å²) in [6.07, 6.45) is 1.80. The second-order valence-corrected chi connectivity index (χ2v) is 4.22. The van der Waals surface area contributed by atoms with Crippen molar-refractivity contribution in [3.63, 3.8) is 0 Å². The fraction of sp³-hybridized carbons (Fsp3) is 0.214. The number of hydrogen-bond donors (Lipinski definition) is 1. The zero-order valence-corrected chi connectivity index (χ0v) is 10.9. The van der Waals surface area contributed by atoms with Gasteiger partial charge in [0.15, 0.2) is 0 Å². The van der Waals surface area contributed by atoms with E-state index in [-0.39, 0.29) is 0 Å². The molecule has 1 aromatic heterocycles. The molecule has 0 saturated heterocycles. The van der Waals surface area contributed by atoms with Gasteiger partial charge in [-0.2, -0.15) is 0 Å². The number of halogens is 1. The first-order valence-electron chi connectivity index (χ1n) is 5.87. The number of hydrogen-bond acceptors (Lipinski definition) is 3. The molecule has 1 N–H and O–H groups in total. The summed E-state index contributed by atoms with van der Waals surface area (Å²) in [6, 6.07) is 11.2. The highest BCUT2D eigenvalue weighted by atomic mass is 35.5. The maximum Gasteiger partial charge on any atom is 0.219 e. The van der Waals surface area contributed by atoms with E-state index >= 15 is 0 Å². The molecule has 0 aliphatic heterocycles. The summed E-state index contributed by atoms with van der Waals surface area (Å²) in [5.41, 5.74) is 1.13. The van der Waals surface area contributed by atoms with Gasteiger partial charge in [0, 0.05) is 18.8 Å². The van der Waals surface area contributed by atoms with E-state index in [9.17, 15) is 0 Å². The number of ether oxygens (including phenoxy) is 1. The van der Waals surface area contributed by atoms with Crippen LogP contribution in [0.3, 0.4) is 0 Å². The van der Waals surface area contributed by atoms with E-state index in [1.165, 1.54) is 0 Å². The third kappa shape index (κ3) is 3.45. The molecular formula is C14H15ClN2O.